The van der Waals surface area contributed by atoms with Crippen LogP contribution in [0, 0.1) is 6.92 Å². The number of benzene rings is 2. The van der Waals surface area contributed by atoms with E-state index in [1.807, 2.05) is 61.7 Å². The fraction of sp³-hybridized carbons (Fsp3) is 0.0741. The summed E-state index contributed by atoms with van der Waals surface area (Å²) in [6, 6.07) is 21.6. The first-order chi connectivity index (χ1) is 17.0. The Balaban J connectivity index is 1.52. The van der Waals surface area contributed by atoms with Gasteiger partial charge in [-0.25, -0.2) is 4.79 Å². The highest BCUT2D eigenvalue weighted by Gasteiger charge is 2.18. The van der Waals surface area contributed by atoms with Crippen molar-refractivity contribution in [3.63, 3.8) is 0 Å². The fourth-order valence-electron chi connectivity index (χ4n) is 3.97. The number of pyridine rings is 2. The molecular weight excluding hydrogens is 442 g/mol. The number of aromatic nitrogens is 4. The van der Waals surface area contributed by atoms with E-state index in [1.165, 1.54) is 12.1 Å². The maximum Gasteiger partial charge on any atom is 0.335 e. The minimum atomic E-state index is -1.06. The van der Waals surface area contributed by atoms with Gasteiger partial charge in [0.2, 0.25) is 5.91 Å². The highest BCUT2D eigenvalue weighted by Crippen LogP contribution is 2.34. The van der Waals surface area contributed by atoms with E-state index in [1.54, 1.807) is 23.0 Å². The number of carboxylic acids is 1. The number of hydrogen-bond acceptors (Lipinski definition) is 5. The average Bonchev–Trinajstić information content (AvgIpc) is 3.27. The summed E-state index contributed by atoms with van der Waals surface area (Å²) in [7, 11) is 0. The molecule has 0 aliphatic rings. The van der Waals surface area contributed by atoms with Crippen molar-refractivity contribution in [1.29, 1.82) is 0 Å². The van der Waals surface area contributed by atoms with Crippen LogP contribution in [0.3, 0.4) is 0 Å². The number of carbonyl (C=O) groups excluding carboxylic acids is 1. The van der Waals surface area contributed by atoms with Crippen molar-refractivity contribution in [2.24, 2.45) is 0 Å². The third-order valence-electron chi connectivity index (χ3n) is 5.53. The van der Waals surface area contributed by atoms with Crippen LogP contribution >= 0.6 is 0 Å². The number of carboxylic acid groups (broad SMARTS) is 1. The minimum absolute atomic E-state index is 0.0564. The zero-order valence-corrected chi connectivity index (χ0v) is 18.8. The Morgan fingerprint density at radius 3 is 2.63 bits per heavy atom. The van der Waals surface area contributed by atoms with Crippen LogP contribution in [0.4, 0.5) is 5.69 Å². The summed E-state index contributed by atoms with van der Waals surface area (Å²) >= 11 is 0. The summed E-state index contributed by atoms with van der Waals surface area (Å²) in [5, 5.41) is 17.6. The number of aryl methyl sites for hydroxylation is 1. The second-order valence-electron chi connectivity index (χ2n) is 8.06. The SMILES string of the molecule is Cc1cccc(-c2nn(CC(=O)Nc3cccc(C(=O)O)c3)cc2-c2ccnc3ccccc23)n1. The summed E-state index contributed by atoms with van der Waals surface area (Å²) in [4.78, 5) is 33.1. The summed E-state index contributed by atoms with van der Waals surface area (Å²) in [6.07, 6.45) is 3.58. The Labute approximate surface area is 200 Å². The Bertz CT molecular complexity index is 1570. The molecule has 172 valence electrons. The summed E-state index contributed by atoms with van der Waals surface area (Å²) in [5.41, 5.74) is 5.36. The van der Waals surface area contributed by atoms with Crippen LogP contribution in [0.15, 0.2) is 85.2 Å². The monoisotopic (exact) mass is 463 g/mol. The predicted molar refractivity (Wildman–Crippen MR) is 133 cm³/mol. The molecule has 3 aromatic heterocycles. The van der Waals surface area contributed by atoms with Gasteiger partial charge in [0.1, 0.15) is 12.2 Å². The summed E-state index contributed by atoms with van der Waals surface area (Å²) in [5.74, 6) is -1.39. The molecule has 0 saturated heterocycles. The number of para-hydroxylation sites is 1. The van der Waals surface area contributed by atoms with Crippen LogP contribution in [0.5, 0.6) is 0 Å². The van der Waals surface area contributed by atoms with Crippen molar-refractivity contribution in [2.75, 3.05) is 5.32 Å². The van der Waals surface area contributed by atoms with Crippen LogP contribution in [0.25, 0.3) is 33.4 Å². The quantitative estimate of drug-likeness (QED) is 0.374. The molecule has 5 rings (SSSR count). The van der Waals surface area contributed by atoms with E-state index in [4.69, 9.17) is 5.10 Å². The molecule has 0 aliphatic carbocycles. The summed E-state index contributed by atoms with van der Waals surface area (Å²) < 4.78 is 1.57. The number of hydrogen-bond donors (Lipinski definition) is 2. The highest BCUT2D eigenvalue weighted by atomic mass is 16.4. The lowest BCUT2D eigenvalue weighted by Gasteiger charge is -2.06. The maximum atomic E-state index is 12.8. The van der Waals surface area contributed by atoms with Crippen molar-refractivity contribution >= 4 is 28.5 Å². The van der Waals surface area contributed by atoms with Gasteiger partial charge >= 0.3 is 5.97 Å². The Kier molecular flexibility index (Phi) is 5.76. The number of anilines is 1. The predicted octanol–water partition coefficient (Wildman–Crippen LogP) is 4.81. The van der Waals surface area contributed by atoms with Crippen molar-refractivity contribution in [2.45, 2.75) is 13.5 Å². The molecule has 0 radical (unpaired) electrons. The first-order valence-electron chi connectivity index (χ1n) is 11.0. The lowest BCUT2D eigenvalue weighted by Crippen LogP contribution is -2.19. The fourth-order valence-corrected chi connectivity index (χ4v) is 3.97. The molecule has 8 heteroatoms. The second kappa shape index (κ2) is 9.18. The van der Waals surface area contributed by atoms with Gasteiger partial charge in [-0.2, -0.15) is 5.10 Å². The average molecular weight is 463 g/mol. The second-order valence-corrected chi connectivity index (χ2v) is 8.06. The van der Waals surface area contributed by atoms with Gasteiger partial charge in [-0.3, -0.25) is 19.4 Å². The van der Waals surface area contributed by atoms with E-state index in [0.717, 1.165) is 27.7 Å². The number of nitrogens with zero attached hydrogens (tertiary/aromatic N) is 4. The molecule has 0 saturated carbocycles. The van der Waals surface area contributed by atoms with Gasteiger partial charge in [-0.1, -0.05) is 30.3 Å². The lowest BCUT2D eigenvalue weighted by atomic mass is 10.0. The standard InChI is InChI=1S/C27H21N5O3/c1-17-6-4-11-24(29-17)26-22(20-12-13-28-23-10-3-2-9-21(20)23)15-32(31-26)16-25(33)30-19-8-5-7-18(14-19)27(34)35/h2-15H,16H2,1H3,(H,30,33)(H,34,35). The largest absolute Gasteiger partial charge is 0.478 e. The van der Waals surface area contributed by atoms with Gasteiger partial charge in [-0.15, -0.1) is 0 Å². The summed E-state index contributed by atoms with van der Waals surface area (Å²) in [6.45, 7) is 1.86. The smallest absolute Gasteiger partial charge is 0.335 e. The van der Waals surface area contributed by atoms with Crippen molar-refractivity contribution in [1.82, 2.24) is 19.7 Å². The van der Waals surface area contributed by atoms with E-state index < -0.39 is 5.97 Å². The van der Waals surface area contributed by atoms with Crippen LogP contribution in [-0.2, 0) is 11.3 Å². The molecule has 3 heterocycles. The molecule has 0 spiro atoms. The molecule has 35 heavy (non-hydrogen) atoms. The first-order valence-corrected chi connectivity index (χ1v) is 11.0. The molecule has 2 N–H and O–H groups in total. The number of fused-ring (bicyclic) bond motifs is 1. The van der Waals surface area contributed by atoms with E-state index in [0.29, 0.717) is 17.1 Å². The first kappa shape index (κ1) is 22.0. The lowest BCUT2D eigenvalue weighted by molar-refractivity contribution is -0.116. The van der Waals surface area contributed by atoms with Crippen LogP contribution in [0.1, 0.15) is 16.1 Å². The number of amides is 1. The van der Waals surface area contributed by atoms with E-state index >= 15 is 0 Å². The number of rotatable bonds is 6. The molecule has 0 aliphatic heterocycles. The zero-order chi connectivity index (χ0) is 24.4. The van der Waals surface area contributed by atoms with Crippen LogP contribution in [-0.4, -0.2) is 36.7 Å². The third-order valence-corrected chi connectivity index (χ3v) is 5.53. The Hall–Kier alpha value is -4.85. The molecular formula is C27H21N5O3. The number of carbonyl (C=O) groups is 2. The van der Waals surface area contributed by atoms with E-state index in [9.17, 15) is 14.7 Å². The van der Waals surface area contributed by atoms with Gasteiger partial charge in [0.05, 0.1) is 16.8 Å². The van der Waals surface area contributed by atoms with Gasteiger partial charge in [0.15, 0.2) is 0 Å². The highest BCUT2D eigenvalue weighted by molar-refractivity contribution is 5.98. The van der Waals surface area contributed by atoms with Gasteiger partial charge in [-0.05, 0) is 55.0 Å². The topological polar surface area (TPSA) is 110 Å². The minimum Gasteiger partial charge on any atom is -0.478 e. The molecule has 0 fully saturated rings. The van der Waals surface area contributed by atoms with Gasteiger partial charge < -0.3 is 10.4 Å². The normalized spacial score (nSPS) is 10.9. The molecule has 0 bridgehead atoms. The van der Waals surface area contributed by atoms with Crippen molar-refractivity contribution in [3.8, 4) is 22.5 Å². The molecule has 1 amide bonds. The van der Waals surface area contributed by atoms with Crippen LogP contribution in [0.2, 0.25) is 0 Å². The third kappa shape index (κ3) is 4.63. The molecule has 0 unspecified atom stereocenters. The van der Waals surface area contributed by atoms with E-state index in [-0.39, 0.29) is 18.0 Å². The van der Waals surface area contributed by atoms with Crippen LogP contribution < -0.4 is 5.32 Å². The van der Waals surface area contributed by atoms with Crippen molar-refractivity contribution in [3.05, 3.63) is 96.4 Å². The molecule has 2 aromatic carbocycles. The zero-order valence-electron chi connectivity index (χ0n) is 18.8. The maximum absolute atomic E-state index is 12.8. The van der Waals surface area contributed by atoms with E-state index in [2.05, 4.69) is 15.3 Å². The molecule has 8 nitrogen and oxygen atoms in total. The Morgan fingerprint density at radius 2 is 1.80 bits per heavy atom. The number of aromatic carboxylic acids is 1. The Morgan fingerprint density at radius 1 is 0.971 bits per heavy atom. The number of nitrogens with one attached hydrogen (secondary N) is 1. The molecule has 0 atom stereocenters. The van der Waals surface area contributed by atoms with Gasteiger partial charge in [0, 0.05) is 34.7 Å². The molecule has 5 aromatic rings. The van der Waals surface area contributed by atoms with Crippen molar-refractivity contribution < 1.29 is 14.7 Å². The van der Waals surface area contributed by atoms with Gasteiger partial charge in [0.25, 0.3) is 0 Å².